The van der Waals surface area contributed by atoms with E-state index in [2.05, 4.69) is 5.32 Å². The van der Waals surface area contributed by atoms with Crippen molar-refractivity contribution < 1.29 is 9.53 Å². The van der Waals surface area contributed by atoms with Gasteiger partial charge in [-0.3, -0.25) is 4.79 Å². The van der Waals surface area contributed by atoms with Crippen LogP contribution in [0.2, 0.25) is 0 Å². The van der Waals surface area contributed by atoms with Gasteiger partial charge in [0.15, 0.2) is 0 Å². The van der Waals surface area contributed by atoms with Crippen LogP contribution >= 0.6 is 0 Å². The molecule has 0 fully saturated rings. The first-order chi connectivity index (χ1) is 7.16. The largest absolute Gasteiger partial charge is 0.493 e. The Balaban J connectivity index is 2.13. The third-order valence-corrected chi connectivity index (χ3v) is 2.48. The molecular formula is C12H15NO2. The standard InChI is InChI=1S/C12H15NO2/c1-8(2)12(14)13-10-3-4-11-9(7-10)5-6-15-11/h3-4,7-8H,5-6H2,1-2H3,(H,13,14). The van der Waals surface area contributed by atoms with Gasteiger partial charge in [-0.05, 0) is 23.8 Å². The van der Waals surface area contributed by atoms with E-state index in [1.807, 2.05) is 32.0 Å². The Morgan fingerprint density at radius 3 is 3.00 bits per heavy atom. The first kappa shape index (κ1) is 10.0. The van der Waals surface area contributed by atoms with Crippen LogP contribution < -0.4 is 10.1 Å². The van der Waals surface area contributed by atoms with Crippen LogP contribution in [0.5, 0.6) is 5.75 Å². The highest BCUT2D eigenvalue weighted by atomic mass is 16.5. The summed E-state index contributed by atoms with van der Waals surface area (Å²) in [5.41, 5.74) is 2.04. The number of fused-ring (bicyclic) bond motifs is 1. The minimum absolute atomic E-state index is 0.00880. The molecule has 1 amide bonds. The van der Waals surface area contributed by atoms with Gasteiger partial charge in [0.1, 0.15) is 5.75 Å². The molecule has 3 nitrogen and oxygen atoms in total. The summed E-state index contributed by atoms with van der Waals surface area (Å²) >= 11 is 0. The molecule has 0 radical (unpaired) electrons. The fourth-order valence-corrected chi connectivity index (χ4v) is 1.55. The van der Waals surface area contributed by atoms with Crippen molar-refractivity contribution in [1.29, 1.82) is 0 Å². The van der Waals surface area contributed by atoms with Crippen molar-refractivity contribution >= 4 is 11.6 Å². The van der Waals surface area contributed by atoms with E-state index in [1.54, 1.807) is 0 Å². The van der Waals surface area contributed by atoms with E-state index < -0.39 is 0 Å². The summed E-state index contributed by atoms with van der Waals surface area (Å²) in [7, 11) is 0. The van der Waals surface area contributed by atoms with Crippen LogP contribution in [0.1, 0.15) is 19.4 Å². The number of hydrogen-bond acceptors (Lipinski definition) is 2. The van der Waals surface area contributed by atoms with Crippen LogP contribution in [0.4, 0.5) is 5.69 Å². The fourth-order valence-electron chi connectivity index (χ4n) is 1.55. The maximum Gasteiger partial charge on any atom is 0.226 e. The average molecular weight is 205 g/mol. The summed E-state index contributed by atoms with van der Waals surface area (Å²) in [4.78, 5) is 11.5. The van der Waals surface area contributed by atoms with Gasteiger partial charge in [0.2, 0.25) is 5.91 Å². The van der Waals surface area contributed by atoms with E-state index in [1.165, 1.54) is 5.56 Å². The Morgan fingerprint density at radius 1 is 1.47 bits per heavy atom. The number of carbonyl (C=O) groups excluding carboxylic acids is 1. The van der Waals surface area contributed by atoms with Gasteiger partial charge in [0.05, 0.1) is 6.61 Å². The number of hydrogen-bond donors (Lipinski definition) is 1. The third kappa shape index (κ3) is 2.12. The summed E-state index contributed by atoms with van der Waals surface area (Å²) in [6.45, 7) is 4.51. The second-order valence-electron chi connectivity index (χ2n) is 4.06. The lowest BCUT2D eigenvalue weighted by Crippen LogP contribution is -2.17. The molecule has 15 heavy (non-hydrogen) atoms. The molecule has 1 aromatic rings. The molecule has 1 aliphatic heterocycles. The van der Waals surface area contributed by atoms with Crippen LogP contribution in [0.15, 0.2) is 18.2 Å². The fraction of sp³-hybridized carbons (Fsp3) is 0.417. The van der Waals surface area contributed by atoms with Gasteiger partial charge in [0.25, 0.3) is 0 Å². The molecule has 0 aliphatic carbocycles. The number of rotatable bonds is 2. The van der Waals surface area contributed by atoms with E-state index in [4.69, 9.17) is 4.74 Å². The molecule has 1 aliphatic rings. The third-order valence-electron chi connectivity index (χ3n) is 2.48. The molecule has 0 unspecified atom stereocenters. The number of carbonyl (C=O) groups is 1. The summed E-state index contributed by atoms with van der Waals surface area (Å²) in [6, 6.07) is 5.78. The van der Waals surface area contributed by atoms with Crippen LogP contribution in [0, 0.1) is 5.92 Å². The molecule has 1 heterocycles. The Labute approximate surface area is 89.4 Å². The molecule has 0 spiro atoms. The second kappa shape index (κ2) is 3.93. The lowest BCUT2D eigenvalue weighted by atomic mass is 10.1. The molecule has 3 heteroatoms. The lowest BCUT2D eigenvalue weighted by molar-refractivity contribution is -0.118. The Hall–Kier alpha value is -1.51. The highest BCUT2D eigenvalue weighted by Crippen LogP contribution is 2.27. The first-order valence-electron chi connectivity index (χ1n) is 5.23. The SMILES string of the molecule is CC(C)C(=O)Nc1ccc2c(c1)CCO2. The summed E-state index contributed by atoms with van der Waals surface area (Å²) in [6.07, 6.45) is 0.931. The van der Waals surface area contributed by atoms with Crippen LogP contribution in [-0.4, -0.2) is 12.5 Å². The minimum Gasteiger partial charge on any atom is -0.493 e. The van der Waals surface area contributed by atoms with Gasteiger partial charge in [-0.2, -0.15) is 0 Å². The maximum absolute atomic E-state index is 11.5. The van der Waals surface area contributed by atoms with Gasteiger partial charge in [-0.25, -0.2) is 0 Å². The topological polar surface area (TPSA) is 38.3 Å². The van der Waals surface area contributed by atoms with E-state index in [0.29, 0.717) is 0 Å². The molecule has 2 rings (SSSR count). The first-order valence-corrected chi connectivity index (χ1v) is 5.23. The maximum atomic E-state index is 11.5. The quantitative estimate of drug-likeness (QED) is 0.804. The molecule has 0 saturated heterocycles. The number of anilines is 1. The molecule has 0 bridgehead atoms. The van der Waals surface area contributed by atoms with E-state index in [9.17, 15) is 4.79 Å². The average Bonchev–Trinajstić information content (AvgIpc) is 2.64. The van der Waals surface area contributed by atoms with Gasteiger partial charge in [-0.15, -0.1) is 0 Å². The van der Waals surface area contributed by atoms with Crippen molar-refractivity contribution in [2.75, 3.05) is 11.9 Å². The number of nitrogens with one attached hydrogen (secondary N) is 1. The van der Waals surface area contributed by atoms with Crippen LogP contribution in [-0.2, 0) is 11.2 Å². The summed E-state index contributed by atoms with van der Waals surface area (Å²) in [5.74, 6) is 1.00. The zero-order valence-electron chi connectivity index (χ0n) is 9.04. The van der Waals surface area contributed by atoms with Gasteiger partial charge >= 0.3 is 0 Å². The monoisotopic (exact) mass is 205 g/mol. The zero-order valence-corrected chi connectivity index (χ0v) is 9.04. The smallest absolute Gasteiger partial charge is 0.226 e. The van der Waals surface area contributed by atoms with Gasteiger partial charge in [-0.1, -0.05) is 13.8 Å². The molecule has 0 aromatic heterocycles. The number of amides is 1. The van der Waals surface area contributed by atoms with E-state index in [-0.39, 0.29) is 11.8 Å². The van der Waals surface area contributed by atoms with E-state index in [0.717, 1.165) is 24.5 Å². The molecule has 0 saturated carbocycles. The highest BCUT2D eigenvalue weighted by molar-refractivity contribution is 5.92. The Kier molecular flexibility index (Phi) is 2.62. The molecule has 80 valence electrons. The Bertz CT molecular complexity index is 385. The normalized spacial score (nSPS) is 13.5. The number of benzene rings is 1. The van der Waals surface area contributed by atoms with Gasteiger partial charge < -0.3 is 10.1 Å². The number of ether oxygens (including phenoxy) is 1. The molecule has 1 aromatic carbocycles. The zero-order chi connectivity index (χ0) is 10.8. The van der Waals surface area contributed by atoms with Crippen molar-refractivity contribution in [3.8, 4) is 5.75 Å². The summed E-state index contributed by atoms with van der Waals surface area (Å²) in [5, 5.41) is 2.88. The van der Waals surface area contributed by atoms with Crippen LogP contribution in [0.25, 0.3) is 0 Å². The highest BCUT2D eigenvalue weighted by Gasteiger charge is 2.13. The van der Waals surface area contributed by atoms with Crippen molar-refractivity contribution in [3.05, 3.63) is 23.8 Å². The van der Waals surface area contributed by atoms with Crippen molar-refractivity contribution in [1.82, 2.24) is 0 Å². The minimum atomic E-state index is 0.00880. The molecular weight excluding hydrogens is 190 g/mol. The van der Waals surface area contributed by atoms with Crippen molar-refractivity contribution in [2.45, 2.75) is 20.3 Å². The van der Waals surface area contributed by atoms with Crippen molar-refractivity contribution in [2.24, 2.45) is 5.92 Å². The molecule has 1 N–H and O–H groups in total. The van der Waals surface area contributed by atoms with Gasteiger partial charge in [0, 0.05) is 18.0 Å². The molecule has 0 atom stereocenters. The predicted octanol–water partition coefficient (Wildman–Crippen LogP) is 2.22. The predicted molar refractivity (Wildman–Crippen MR) is 59.1 cm³/mol. The second-order valence-corrected chi connectivity index (χ2v) is 4.06. The van der Waals surface area contributed by atoms with E-state index >= 15 is 0 Å². The van der Waals surface area contributed by atoms with Crippen LogP contribution in [0.3, 0.4) is 0 Å². The summed E-state index contributed by atoms with van der Waals surface area (Å²) < 4.78 is 5.39. The Morgan fingerprint density at radius 2 is 2.27 bits per heavy atom. The van der Waals surface area contributed by atoms with Crippen molar-refractivity contribution in [3.63, 3.8) is 0 Å². The lowest BCUT2D eigenvalue weighted by Gasteiger charge is -2.08.